The van der Waals surface area contributed by atoms with Crippen molar-refractivity contribution in [3.05, 3.63) is 54.1 Å². The second-order valence-electron chi connectivity index (χ2n) is 5.33. The molecule has 110 valence electrons. The molecule has 0 saturated carbocycles. The first-order valence-corrected chi connectivity index (χ1v) is 7.24. The maximum Gasteiger partial charge on any atom is 0.150 e. The van der Waals surface area contributed by atoms with E-state index in [1.54, 1.807) is 0 Å². The van der Waals surface area contributed by atoms with Crippen LogP contribution in [-0.4, -0.2) is 38.4 Å². The minimum absolute atomic E-state index is 0.722. The van der Waals surface area contributed by atoms with Gasteiger partial charge < -0.3 is 10.2 Å². The maximum atomic E-state index is 11.2. The molecular weight excluding hydrogens is 260 g/mol. The van der Waals surface area contributed by atoms with Crippen LogP contribution in [0.3, 0.4) is 0 Å². The summed E-state index contributed by atoms with van der Waals surface area (Å²) in [7, 11) is 4.16. The summed E-state index contributed by atoms with van der Waals surface area (Å²) in [5.74, 6) is 0. The fourth-order valence-electron chi connectivity index (χ4n) is 2.34. The molecule has 1 N–H and O–H groups in total. The molecule has 0 aromatic heterocycles. The number of aldehydes is 1. The normalized spacial score (nSPS) is 10.6. The van der Waals surface area contributed by atoms with E-state index in [1.165, 1.54) is 0 Å². The summed E-state index contributed by atoms with van der Waals surface area (Å²) < 4.78 is 0. The number of anilines is 1. The number of hydrogen-bond acceptors (Lipinski definition) is 3. The van der Waals surface area contributed by atoms with Gasteiger partial charge in [-0.2, -0.15) is 0 Å². The molecule has 3 nitrogen and oxygen atoms in total. The van der Waals surface area contributed by atoms with Gasteiger partial charge in [-0.3, -0.25) is 4.79 Å². The van der Waals surface area contributed by atoms with Crippen molar-refractivity contribution in [2.45, 2.75) is 6.42 Å². The summed E-state index contributed by atoms with van der Waals surface area (Å²) in [6.45, 7) is 1.97. The van der Waals surface area contributed by atoms with Crippen LogP contribution < -0.4 is 5.32 Å². The van der Waals surface area contributed by atoms with E-state index in [0.717, 1.165) is 48.2 Å². The lowest BCUT2D eigenvalue weighted by Crippen LogP contribution is -2.16. The first-order chi connectivity index (χ1) is 10.2. The number of nitrogens with one attached hydrogen (secondary N) is 1. The Hall–Kier alpha value is -2.13. The van der Waals surface area contributed by atoms with Crippen molar-refractivity contribution in [3.8, 4) is 11.1 Å². The molecule has 0 aliphatic heterocycles. The van der Waals surface area contributed by atoms with Crippen LogP contribution in [0.2, 0.25) is 0 Å². The molecule has 2 aromatic rings. The molecule has 0 bridgehead atoms. The number of benzene rings is 2. The Morgan fingerprint density at radius 3 is 2.38 bits per heavy atom. The SMILES string of the molecule is CN(C)CCCNc1ccccc1-c1ccccc1C=O. The van der Waals surface area contributed by atoms with E-state index in [-0.39, 0.29) is 0 Å². The zero-order valence-electron chi connectivity index (χ0n) is 12.7. The van der Waals surface area contributed by atoms with Crippen molar-refractivity contribution in [2.75, 3.05) is 32.5 Å². The summed E-state index contributed by atoms with van der Waals surface area (Å²) in [4.78, 5) is 13.4. The number of hydrogen-bond donors (Lipinski definition) is 1. The Kier molecular flexibility index (Phi) is 5.52. The van der Waals surface area contributed by atoms with Crippen LogP contribution in [0.4, 0.5) is 5.69 Å². The summed E-state index contributed by atoms with van der Waals surface area (Å²) in [5.41, 5.74) is 3.85. The summed E-state index contributed by atoms with van der Waals surface area (Å²) in [5, 5.41) is 3.48. The minimum atomic E-state index is 0.722. The molecule has 0 saturated heterocycles. The largest absolute Gasteiger partial charge is 0.384 e. The molecule has 0 spiro atoms. The Balaban J connectivity index is 2.18. The molecule has 0 aliphatic carbocycles. The van der Waals surface area contributed by atoms with Gasteiger partial charge in [-0.05, 0) is 38.7 Å². The second-order valence-corrected chi connectivity index (χ2v) is 5.33. The van der Waals surface area contributed by atoms with Crippen molar-refractivity contribution in [1.29, 1.82) is 0 Å². The maximum absolute atomic E-state index is 11.2. The van der Waals surface area contributed by atoms with Crippen LogP contribution in [0.15, 0.2) is 48.5 Å². The standard InChI is InChI=1S/C18H22N2O/c1-20(2)13-7-12-19-18-11-6-5-10-17(18)16-9-4-3-8-15(16)14-21/h3-6,8-11,14,19H,7,12-13H2,1-2H3. The molecule has 0 atom stereocenters. The van der Waals surface area contributed by atoms with Gasteiger partial charge in [0.05, 0.1) is 0 Å². The average Bonchev–Trinajstić information content (AvgIpc) is 2.52. The van der Waals surface area contributed by atoms with Crippen LogP contribution in [0.25, 0.3) is 11.1 Å². The number of rotatable bonds is 7. The van der Waals surface area contributed by atoms with E-state index in [9.17, 15) is 4.79 Å². The molecule has 3 heteroatoms. The van der Waals surface area contributed by atoms with Crippen LogP contribution in [0.1, 0.15) is 16.8 Å². The second kappa shape index (κ2) is 7.60. The highest BCUT2D eigenvalue weighted by molar-refractivity contribution is 5.91. The van der Waals surface area contributed by atoms with E-state index in [1.807, 2.05) is 36.4 Å². The predicted octanol–water partition coefficient (Wildman–Crippen LogP) is 3.53. The van der Waals surface area contributed by atoms with E-state index < -0.39 is 0 Å². The highest BCUT2D eigenvalue weighted by atomic mass is 16.1. The molecular formula is C18H22N2O. The Bertz CT molecular complexity index is 593. The number of para-hydroxylation sites is 1. The smallest absolute Gasteiger partial charge is 0.150 e. The third-order valence-corrected chi connectivity index (χ3v) is 3.40. The van der Waals surface area contributed by atoms with Crippen LogP contribution in [0, 0.1) is 0 Å². The van der Waals surface area contributed by atoms with Crippen LogP contribution in [-0.2, 0) is 0 Å². The lowest BCUT2D eigenvalue weighted by atomic mass is 9.99. The van der Waals surface area contributed by atoms with Crippen molar-refractivity contribution in [2.24, 2.45) is 0 Å². The molecule has 21 heavy (non-hydrogen) atoms. The fraction of sp³-hybridized carbons (Fsp3) is 0.278. The van der Waals surface area contributed by atoms with Crippen molar-refractivity contribution >= 4 is 12.0 Å². The van der Waals surface area contributed by atoms with E-state index in [4.69, 9.17) is 0 Å². The molecule has 0 radical (unpaired) electrons. The molecule has 0 heterocycles. The molecule has 2 rings (SSSR count). The van der Waals surface area contributed by atoms with E-state index in [2.05, 4.69) is 36.4 Å². The van der Waals surface area contributed by atoms with Crippen LogP contribution >= 0.6 is 0 Å². The third-order valence-electron chi connectivity index (χ3n) is 3.40. The van der Waals surface area contributed by atoms with Crippen molar-refractivity contribution in [1.82, 2.24) is 4.90 Å². The number of carbonyl (C=O) groups is 1. The molecule has 0 unspecified atom stereocenters. The summed E-state index contributed by atoms with van der Waals surface area (Å²) >= 11 is 0. The van der Waals surface area contributed by atoms with Gasteiger partial charge in [-0.25, -0.2) is 0 Å². The number of carbonyl (C=O) groups excluding carboxylic acids is 1. The van der Waals surface area contributed by atoms with E-state index in [0.29, 0.717) is 0 Å². The third kappa shape index (κ3) is 4.17. The Morgan fingerprint density at radius 1 is 1.00 bits per heavy atom. The zero-order chi connectivity index (χ0) is 15.1. The fourth-order valence-corrected chi connectivity index (χ4v) is 2.34. The van der Waals surface area contributed by atoms with Gasteiger partial charge in [0.2, 0.25) is 0 Å². The van der Waals surface area contributed by atoms with Gasteiger partial charge in [0.1, 0.15) is 0 Å². The number of nitrogens with zero attached hydrogens (tertiary/aromatic N) is 1. The van der Waals surface area contributed by atoms with E-state index >= 15 is 0 Å². The van der Waals surface area contributed by atoms with Gasteiger partial charge in [-0.1, -0.05) is 42.5 Å². The first-order valence-electron chi connectivity index (χ1n) is 7.24. The highest BCUT2D eigenvalue weighted by Gasteiger charge is 2.08. The zero-order valence-corrected chi connectivity index (χ0v) is 12.7. The first kappa shape index (κ1) is 15.3. The lowest BCUT2D eigenvalue weighted by Gasteiger charge is -2.14. The average molecular weight is 282 g/mol. The van der Waals surface area contributed by atoms with Gasteiger partial charge in [0.25, 0.3) is 0 Å². The monoisotopic (exact) mass is 282 g/mol. The van der Waals surface area contributed by atoms with Gasteiger partial charge in [0, 0.05) is 23.4 Å². The van der Waals surface area contributed by atoms with Gasteiger partial charge in [0.15, 0.2) is 6.29 Å². The molecule has 0 aliphatic rings. The Morgan fingerprint density at radius 2 is 1.67 bits per heavy atom. The quantitative estimate of drug-likeness (QED) is 0.623. The van der Waals surface area contributed by atoms with Crippen molar-refractivity contribution in [3.63, 3.8) is 0 Å². The van der Waals surface area contributed by atoms with Gasteiger partial charge >= 0.3 is 0 Å². The highest BCUT2D eigenvalue weighted by Crippen LogP contribution is 2.29. The van der Waals surface area contributed by atoms with Crippen molar-refractivity contribution < 1.29 is 4.79 Å². The van der Waals surface area contributed by atoms with Crippen LogP contribution in [0.5, 0.6) is 0 Å². The molecule has 0 amide bonds. The predicted molar refractivity (Wildman–Crippen MR) is 88.9 cm³/mol. The lowest BCUT2D eigenvalue weighted by molar-refractivity contribution is 0.112. The minimum Gasteiger partial charge on any atom is -0.384 e. The summed E-state index contributed by atoms with van der Waals surface area (Å²) in [6, 6.07) is 15.8. The Labute approximate surface area is 126 Å². The van der Waals surface area contributed by atoms with Gasteiger partial charge in [-0.15, -0.1) is 0 Å². The molecule has 2 aromatic carbocycles. The topological polar surface area (TPSA) is 32.3 Å². The molecule has 0 fully saturated rings. The summed E-state index contributed by atoms with van der Waals surface area (Å²) in [6.07, 6.45) is 1.99.